The van der Waals surface area contributed by atoms with Crippen LogP contribution in [0.1, 0.15) is 44.9 Å². The minimum absolute atomic E-state index is 0.0132. The van der Waals surface area contributed by atoms with Crippen LogP contribution < -0.4 is 5.32 Å². The molecule has 1 heterocycles. The summed E-state index contributed by atoms with van der Waals surface area (Å²) in [5, 5.41) is 19.5. The highest BCUT2D eigenvalue weighted by Gasteiger charge is 2.19. The second-order valence-electron chi connectivity index (χ2n) is 8.33. The minimum Gasteiger partial charge on any atom is -0.378 e. The molecule has 0 amide bonds. The summed E-state index contributed by atoms with van der Waals surface area (Å²) in [5.74, 6) is 6.43. The van der Waals surface area contributed by atoms with Crippen LogP contribution in [0.5, 0.6) is 0 Å². The molecule has 3 aromatic rings. The Labute approximate surface area is 177 Å². The average molecular weight is 402 g/mol. The fourth-order valence-corrected chi connectivity index (χ4v) is 3.06. The number of rotatable bonds is 5. The second-order valence-corrected chi connectivity index (χ2v) is 8.33. The average Bonchev–Trinajstić information content (AvgIpc) is 3.07. The van der Waals surface area contributed by atoms with Gasteiger partial charge < -0.3 is 5.32 Å². The van der Waals surface area contributed by atoms with Gasteiger partial charge in [-0.2, -0.15) is 5.10 Å². The van der Waals surface area contributed by atoms with Crippen molar-refractivity contribution in [1.82, 2.24) is 9.78 Å². The smallest absolute Gasteiger partial charge is 0.270 e. The van der Waals surface area contributed by atoms with Crippen molar-refractivity contribution in [2.45, 2.75) is 33.7 Å². The number of nitrogens with zero attached hydrogens (tertiary/aromatic N) is 3. The van der Waals surface area contributed by atoms with E-state index < -0.39 is 4.92 Å². The number of aromatic nitrogens is 2. The first-order valence-electron chi connectivity index (χ1n) is 9.81. The monoisotopic (exact) mass is 402 g/mol. The van der Waals surface area contributed by atoms with E-state index in [0.29, 0.717) is 11.3 Å². The van der Waals surface area contributed by atoms with Crippen LogP contribution in [-0.2, 0) is 7.05 Å². The van der Waals surface area contributed by atoms with E-state index in [1.54, 1.807) is 16.8 Å². The predicted molar refractivity (Wildman–Crippen MR) is 120 cm³/mol. The molecule has 0 spiro atoms. The number of hydrogen-bond acceptors (Lipinski definition) is 4. The third kappa shape index (κ3) is 5.06. The summed E-state index contributed by atoms with van der Waals surface area (Å²) in [5.41, 5.74) is 3.77. The van der Waals surface area contributed by atoms with Crippen LogP contribution in [0.4, 0.5) is 11.4 Å². The lowest BCUT2D eigenvalue weighted by atomic mass is 9.97. The van der Waals surface area contributed by atoms with Gasteiger partial charge >= 0.3 is 0 Å². The first-order chi connectivity index (χ1) is 14.1. The fraction of sp³-hybridized carbons (Fsp3) is 0.292. The van der Waals surface area contributed by atoms with E-state index in [0.717, 1.165) is 16.8 Å². The standard InChI is InChI=1S/C24H26N4O2/c1-17(18-9-7-6-8-10-18)25-22-12-11-20(28(29)30)15-21(22)23-19(16-27(5)26-23)13-14-24(2,3)4/h6-12,15-17,25H,1-5H3. The lowest BCUT2D eigenvalue weighted by molar-refractivity contribution is -0.384. The van der Waals surface area contributed by atoms with Crippen LogP contribution in [0, 0.1) is 27.4 Å². The predicted octanol–water partition coefficient (Wildman–Crippen LogP) is 5.57. The maximum Gasteiger partial charge on any atom is 0.270 e. The molecule has 0 saturated heterocycles. The Morgan fingerprint density at radius 1 is 1.17 bits per heavy atom. The van der Waals surface area contributed by atoms with E-state index in [1.807, 2.05) is 64.3 Å². The SMILES string of the molecule is CC(Nc1ccc([N+](=O)[O-])cc1-c1nn(C)cc1C#CC(C)(C)C)c1ccccc1. The number of nitro benzene ring substituents is 1. The van der Waals surface area contributed by atoms with E-state index in [1.165, 1.54) is 6.07 Å². The van der Waals surface area contributed by atoms with Crippen molar-refractivity contribution in [1.29, 1.82) is 0 Å². The highest BCUT2D eigenvalue weighted by Crippen LogP contribution is 2.34. The van der Waals surface area contributed by atoms with Crippen molar-refractivity contribution in [2.24, 2.45) is 12.5 Å². The maximum absolute atomic E-state index is 11.4. The molecule has 0 fully saturated rings. The maximum atomic E-state index is 11.4. The van der Waals surface area contributed by atoms with Crippen molar-refractivity contribution < 1.29 is 4.92 Å². The van der Waals surface area contributed by atoms with E-state index >= 15 is 0 Å². The molecular formula is C24H26N4O2. The topological polar surface area (TPSA) is 73.0 Å². The van der Waals surface area contributed by atoms with Gasteiger partial charge in [-0.3, -0.25) is 14.8 Å². The van der Waals surface area contributed by atoms with E-state index in [4.69, 9.17) is 0 Å². The van der Waals surface area contributed by atoms with Gasteiger partial charge in [0, 0.05) is 48.1 Å². The Balaban J connectivity index is 2.10. The van der Waals surface area contributed by atoms with Gasteiger partial charge in [0.2, 0.25) is 0 Å². The van der Waals surface area contributed by atoms with Gasteiger partial charge in [-0.1, -0.05) is 42.2 Å². The first kappa shape index (κ1) is 21.1. The molecule has 0 aliphatic heterocycles. The number of benzene rings is 2. The van der Waals surface area contributed by atoms with Crippen molar-refractivity contribution in [2.75, 3.05) is 5.32 Å². The molecule has 0 aliphatic rings. The molecule has 30 heavy (non-hydrogen) atoms. The normalized spacial score (nSPS) is 12.0. The molecule has 3 rings (SSSR count). The zero-order valence-corrected chi connectivity index (χ0v) is 17.9. The van der Waals surface area contributed by atoms with Gasteiger partial charge in [0.15, 0.2) is 0 Å². The lowest BCUT2D eigenvalue weighted by Gasteiger charge is -2.18. The summed E-state index contributed by atoms with van der Waals surface area (Å²) in [4.78, 5) is 11.0. The van der Waals surface area contributed by atoms with Gasteiger partial charge in [0.05, 0.1) is 10.5 Å². The summed E-state index contributed by atoms with van der Waals surface area (Å²) >= 11 is 0. The summed E-state index contributed by atoms with van der Waals surface area (Å²) in [6.45, 7) is 8.17. The summed E-state index contributed by atoms with van der Waals surface area (Å²) < 4.78 is 1.69. The van der Waals surface area contributed by atoms with Crippen LogP contribution in [-0.4, -0.2) is 14.7 Å². The Bertz CT molecular complexity index is 1120. The zero-order valence-electron chi connectivity index (χ0n) is 17.9. The summed E-state index contributed by atoms with van der Waals surface area (Å²) in [6.07, 6.45) is 1.84. The van der Waals surface area contributed by atoms with Crippen LogP contribution in [0.2, 0.25) is 0 Å². The molecule has 1 unspecified atom stereocenters. The molecule has 0 radical (unpaired) electrons. The number of nitrogens with one attached hydrogen (secondary N) is 1. The van der Waals surface area contributed by atoms with Crippen LogP contribution in [0.15, 0.2) is 54.7 Å². The number of hydrogen-bond donors (Lipinski definition) is 1. The van der Waals surface area contributed by atoms with Gasteiger partial charge in [-0.25, -0.2) is 0 Å². The van der Waals surface area contributed by atoms with Crippen molar-refractivity contribution >= 4 is 11.4 Å². The lowest BCUT2D eigenvalue weighted by Crippen LogP contribution is -2.08. The molecule has 1 aromatic heterocycles. The van der Waals surface area contributed by atoms with Crippen LogP contribution in [0.25, 0.3) is 11.3 Å². The molecule has 6 heteroatoms. The number of non-ortho nitro benzene ring substituents is 1. The van der Waals surface area contributed by atoms with Gasteiger partial charge in [0.1, 0.15) is 5.69 Å². The number of aryl methyl sites for hydroxylation is 1. The molecule has 6 nitrogen and oxygen atoms in total. The second kappa shape index (κ2) is 8.42. The third-order valence-electron chi connectivity index (χ3n) is 4.54. The molecule has 0 bridgehead atoms. The van der Waals surface area contributed by atoms with E-state index in [2.05, 4.69) is 29.2 Å². The first-order valence-corrected chi connectivity index (χ1v) is 9.81. The Morgan fingerprint density at radius 2 is 1.87 bits per heavy atom. The van der Waals surface area contributed by atoms with Gasteiger partial charge in [-0.05, 0) is 39.3 Å². The molecule has 154 valence electrons. The van der Waals surface area contributed by atoms with Crippen molar-refractivity contribution in [3.63, 3.8) is 0 Å². The molecular weight excluding hydrogens is 376 g/mol. The highest BCUT2D eigenvalue weighted by molar-refractivity contribution is 5.81. The van der Waals surface area contributed by atoms with Crippen LogP contribution >= 0.6 is 0 Å². The number of anilines is 1. The quantitative estimate of drug-likeness (QED) is 0.344. The molecule has 2 aromatic carbocycles. The van der Waals surface area contributed by atoms with E-state index in [9.17, 15) is 10.1 Å². The fourth-order valence-electron chi connectivity index (χ4n) is 3.06. The molecule has 0 aliphatic carbocycles. The Hall–Kier alpha value is -3.59. The minimum atomic E-state index is -0.392. The zero-order chi connectivity index (χ0) is 21.9. The molecule has 0 saturated carbocycles. The third-order valence-corrected chi connectivity index (χ3v) is 4.54. The van der Waals surface area contributed by atoms with E-state index in [-0.39, 0.29) is 17.1 Å². The van der Waals surface area contributed by atoms with Crippen LogP contribution in [0.3, 0.4) is 0 Å². The number of nitro groups is 1. The van der Waals surface area contributed by atoms with Gasteiger partial charge in [0.25, 0.3) is 5.69 Å². The van der Waals surface area contributed by atoms with Gasteiger partial charge in [-0.15, -0.1) is 0 Å². The van der Waals surface area contributed by atoms with Crippen molar-refractivity contribution in [3.8, 4) is 23.1 Å². The molecule has 1 atom stereocenters. The Morgan fingerprint density at radius 3 is 2.50 bits per heavy atom. The molecule has 1 N–H and O–H groups in total. The highest BCUT2D eigenvalue weighted by atomic mass is 16.6. The largest absolute Gasteiger partial charge is 0.378 e. The summed E-state index contributed by atoms with van der Waals surface area (Å²) in [6, 6.07) is 14.9. The van der Waals surface area contributed by atoms with Crippen molar-refractivity contribution in [3.05, 3.63) is 76.0 Å². The summed E-state index contributed by atoms with van der Waals surface area (Å²) in [7, 11) is 1.82. The Kier molecular flexibility index (Phi) is 5.93.